The number of halogens is 1. The molecule has 0 fully saturated rings. The number of nitrogens with zero attached hydrogens (tertiary/aromatic N) is 1. The van der Waals surface area contributed by atoms with Gasteiger partial charge in [-0.05, 0) is 12.8 Å². The van der Waals surface area contributed by atoms with Crippen LogP contribution in [0, 0.1) is 0 Å². The summed E-state index contributed by atoms with van der Waals surface area (Å²) in [5.74, 6) is 1.16. The number of amidine groups is 1. The first kappa shape index (κ1) is 12.3. The Balaban J connectivity index is 0.00000121. The summed E-state index contributed by atoms with van der Waals surface area (Å²) >= 11 is 1.68. The Morgan fingerprint density at radius 1 is 1.67 bits per heavy atom. The zero-order valence-corrected chi connectivity index (χ0v) is 9.98. The Bertz CT molecular complexity index is 150. The van der Waals surface area contributed by atoms with Crippen molar-refractivity contribution in [3.05, 3.63) is 0 Å². The lowest BCUT2D eigenvalue weighted by Crippen LogP contribution is -2.20. The van der Waals surface area contributed by atoms with E-state index >= 15 is 0 Å². The van der Waals surface area contributed by atoms with Crippen molar-refractivity contribution < 1.29 is 0 Å². The number of hydrogen-bond acceptors (Lipinski definition) is 3. The fraction of sp³-hybridized carbons (Fsp3) is 0.875. The fourth-order valence-electron chi connectivity index (χ4n) is 1.23. The van der Waals surface area contributed by atoms with E-state index in [1.807, 2.05) is 0 Å². The van der Waals surface area contributed by atoms with Crippen molar-refractivity contribution in [2.45, 2.75) is 38.6 Å². The average molecular weight is 253 g/mol. The first-order valence-corrected chi connectivity index (χ1v) is 5.27. The summed E-state index contributed by atoms with van der Waals surface area (Å²) in [4.78, 5) is 4.38. The smallest absolute Gasteiger partial charge is 0.154 e. The molecule has 1 rings (SSSR count). The van der Waals surface area contributed by atoms with Crippen molar-refractivity contribution in [3.63, 3.8) is 0 Å². The number of nitrogens with two attached hydrogens (primary N) is 1. The molecule has 0 saturated heterocycles. The molecule has 0 spiro atoms. The van der Waals surface area contributed by atoms with Gasteiger partial charge in [0, 0.05) is 5.75 Å². The van der Waals surface area contributed by atoms with Crippen LogP contribution in [0.4, 0.5) is 0 Å². The molecule has 0 unspecified atom stereocenters. The zero-order chi connectivity index (χ0) is 8.10. The van der Waals surface area contributed by atoms with Gasteiger partial charge >= 0.3 is 0 Å². The lowest BCUT2D eigenvalue weighted by atomic mass is 10.1. The van der Waals surface area contributed by atoms with E-state index in [9.17, 15) is 0 Å². The van der Waals surface area contributed by atoms with Gasteiger partial charge in [0.15, 0.2) is 5.17 Å². The van der Waals surface area contributed by atoms with Gasteiger partial charge in [-0.25, -0.2) is 0 Å². The minimum absolute atomic E-state index is 0. The highest BCUT2D eigenvalue weighted by Crippen LogP contribution is 2.18. The zero-order valence-electron chi connectivity index (χ0n) is 7.45. The van der Waals surface area contributed by atoms with Gasteiger partial charge < -0.3 is 5.73 Å². The molecule has 0 aromatic rings. The molecule has 0 bridgehead atoms. The van der Waals surface area contributed by atoms with Crippen molar-refractivity contribution >= 4 is 33.9 Å². The molecule has 0 saturated carbocycles. The first-order chi connectivity index (χ1) is 5.33. The molecule has 72 valence electrons. The van der Waals surface area contributed by atoms with Gasteiger partial charge in [-0.2, -0.15) is 0 Å². The topological polar surface area (TPSA) is 38.4 Å². The van der Waals surface area contributed by atoms with Gasteiger partial charge in [0.25, 0.3) is 0 Å². The summed E-state index contributed by atoms with van der Waals surface area (Å²) in [6, 6.07) is 0.524. The minimum atomic E-state index is 0. The maximum atomic E-state index is 5.61. The highest BCUT2D eigenvalue weighted by Gasteiger charge is 2.12. The van der Waals surface area contributed by atoms with Crippen molar-refractivity contribution in [2.75, 3.05) is 5.75 Å². The number of thioether (sulfide) groups is 1. The van der Waals surface area contributed by atoms with Crippen LogP contribution in [0.25, 0.3) is 0 Å². The molecule has 1 aliphatic rings. The van der Waals surface area contributed by atoms with E-state index < -0.39 is 0 Å². The second kappa shape index (κ2) is 6.78. The predicted octanol–water partition coefficient (Wildman–Crippen LogP) is 2.57. The monoisotopic (exact) mass is 252 g/mol. The molecule has 0 aromatic carbocycles. The Hall–Kier alpha value is 0.300. The van der Waals surface area contributed by atoms with Gasteiger partial charge in [0.2, 0.25) is 0 Å². The second-order valence-corrected chi connectivity index (χ2v) is 4.02. The molecule has 0 radical (unpaired) electrons. The summed E-state index contributed by atoms with van der Waals surface area (Å²) in [5.41, 5.74) is 5.61. The molecule has 0 amide bonds. The highest BCUT2D eigenvalue weighted by atomic mass is 79.9. The lowest BCUT2D eigenvalue weighted by molar-refractivity contribution is 0.566. The van der Waals surface area contributed by atoms with Crippen LogP contribution in [-0.4, -0.2) is 17.0 Å². The van der Waals surface area contributed by atoms with Crippen LogP contribution in [0.3, 0.4) is 0 Å². The summed E-state index contributed by atoms with van der Waals surface area (Å²) in [7, 11) is 0. The number of unbranched alkanes of at least 4 members (excludes halogenated alkanes) is 1. The molecule has 0 aromatic heterocycles. The quantitative estimate of drug-likeness (QED) is 0.839. The van der Waals surface area contributed by atoms with Crippen LogP contribution in [0.5, 0.6) is 0 Å². The maximum Gasteiger partial charge on any atom is 0.154 e. The van der Waals surface area contributed by atoms with E-state index in [2.05, 4.69) is 11.9 Å². The summed E-state index contributed by atoms with van der Waals surface area (Å²) in [5, 5.41) is 0.789. The summed E-state index contributed by atoms with van der Waals surface area (Å²) < 4.78 is 0. The van der Waals surface area contributed by atoms with Crippen LogP contribution in [0.1, 0.15) is 32.6 Å². The van der Waals surface area contributed by atoms with Crippen LogP contribution in [0.15, 0.2) is 4.99 Å². The third kappa shape index (κ3) is 4.36. The highest BCUT2D eigenvalue weighted by molar-refractivity contribution is 8.93. The fourth-order valence-corrected chi connectivity index (χ4v) is 2.05. The Kier molecular flexibility index (Phi) is 6.95. The van der Waals surface area contributed by atoms with Crippen LogP contribution < -0.4 is 5.73 Å². The van der Waals surface area contributed by atoms with E-state index in [1.54, 1.807) is 11.8 Å². The third-order valence-electron chi connectivity index (χ3n) is 1.90. The van der Waals surface area contributed by atoms with Crippen molar-refractivity contribution in [2.24, 2.45) is 10.7 Å². The predicted molar refractivity (Wildman–Crippen MR) is 62.3 cm³/mol. The second-order valence-electron chi connectivity index (χ2n) is 2.90. The number of rotatable bonds is 3. The molecular weight excluding hydrogens is 236 g/mol. The normalized spacial score (nSPS) is 22.8. The molecule has 1 atom stereocenters. The molecule has 0 aliphatic carbocycles. The van der Waals surface area contributed by atoms with Gasteiger partial charge in [0.1, 0.15) is 0 Å². The number of hydrogen-bond donors (Lipinski definition) is 1. The molecule has 2 N–H and O–H groups in total. The van der Waals surface area contributed by atoms with Crippen LogP contribution in [0.2, 0.25) is 0 Å². The van der Waals surface area contributed by atoms with Gasteiger partial charge in [-0.1, -0.05) is 31.5 Å². The van der Waals surface area contributed by atoms with Gasteiger partial charge in [0.05, 0.1) is 6.04 Å². The molecular formula is C8H17BrN2S. The van der Waals surface area contributed by atoms with Crippen molar-refractivity contribution in [1.82, 2.24) is 0 Å². The largest absolute Gasteiger partial charge is 0.379 e. The molecule has 2 nitrogen and oxygen atoms in total. The molecule has 4 heteroatoms. The molecule has 12 heavy (non-hydrogen) atoms. The number of aliphatic imine (C=N–C) groups is 1. The summed E-state index contributed by atoms with van der Waals surface area (Å²) in [6.07, 6.45) is 4.98. The van der Waals surface area contributed by atoms with Crippen molar-refractivity contribution in [3.8, 4) is 0 Å². The van der Waals surface area contributed by atoms with Gasteiger partial charge in [-0.3, -0.25) is 4.99 Å². The molecule has 1 aliphatic heterocycles. The lowest BCUT2D eigenvalue weighted by Gasteiger charge is -2.17. The third-order valence-corrected chi connectivity index (χ3v) is 2.74. The van der Waals surface area contributed by atoms with Crippen molar-refractivity contribution in [1.29, 1.82) is 0 Å². The Morgan fingerprint density at radius 3 is 3.00 bits per heavy atom. The molecule has 1 heterocycles. The van der Waals surface area contributed by atoms with E-state index in [4.69, 9.17) is 5.73 Å². The van der Waals surface area contributed by atoms with E-state index in [-0.39, 0.29) is 17.0 Å². The van der Waals surface area contributed by atoms with E-state index in [0.29, 0.717) is 6.04 Å². The Labute approximate surface area is 89.2 Å². The van der Waals surface area contributed by atoms with E-state index in [1.165, 1.54) is 25.7 Å². The SMILES string of the molecule is Br.CCCC[C@@H]1CCSC(N)=N1. The summed E-state index contributed by atoms with van der Waals surface area (Å²) in [6.45, 7) is 2.21. The van der Waals surface area contributed by atoms with Gasteiger partial charge in [-0.15, -0.1) is 17.0 Å². The maximum absolute atomic E-state index is 5.61. The minimum Gasteiger partial charge on any atom is -0.379 e. The first-order valence-electron chi connectivity index (χ1n) is 4.29. The van der Waals surface area contributed by atoms with Crippen LogP contribution >= 0.6 is 28.7 Å². The standard InChI is InChI=1S/C8H16N2S.BrH/c1-2-3-4-7-5-6-11-8(9)10-7;/h7H,2-6H2,1H3,(H2,9,10);1H/t7-;/m1./s1. The van der Waals surface area contributed by atoms with Crippen LogP contribution in [-0.2, 0) is 0 Å². The Morgan fingerprint density at radius 2 is 2.42 bits per heavy atom. The average Bonchev–Trinajstić information content (AvgIpc) is 2.01. The van der Waals surface area contributed by atoms with E-state index in [0.717, 1.165) is 10.9 Å².